The molecule has 3 fully saturated rings. The number of hydrogen-bond acceptors (Lipinski definition) is 9. The van der Waals surface area contributed by atoms with Gasteiger partial charge < -0.3 is 19.5 Å². The van der Waals surface area contributed by atoms with E-state index >= 15 is 0 Å². The van der Waals surface area contributed by atoms with E-state index in [4.69, 9.17) is 26.1 Å². The normalized spacial score (nSPS) is 18.7. The fourth-order valence-electron chi connectivity index (χ4n) is 5.56. The van der Waals surface area contributed by atoms with Gasteiger partial charge in [-0.2, -0.15) is 10.4 Å². The number of ether oxygens (including phenoxy) is 2. The highest BCUT2D eigenvalue weighted by Crippen LogP contribution is 2.39. The van der Waals surface area contributed by atoms with Crippen molar-refractivity contribution in [2.75, 3.05) is 31.7 Å². The molecule has 4 aromatic heterocycles. The number of aliphatic hydroxyl groups is 1. The summed E-state index contributed by atoms with van der Waals surface area (Å²) in [4.78, 5) is 13.4. The summed E-state index contributed by atoms with van der Waals surface area (Å²) >= 11 is 6.85. The minimum absolute atomic E-state index is 0.00121. The number of hydrogen-bond donors (Lipinski definition) is 1. The molecule has 7 rings (SSSR count). The molecule has 41 heavy (non-hydrogen) atoms. The summed E-state index contributed by atoms with van der Waals surface area (Å²) in [6, 6.07) is 7.93. The molecule has 10 nitrogen and oxygen atoms in total. The quantitative estimate of drug-likeness (QED) is 0.331. The maximum absolute atomic E-state index is 14.1. The summed E-state index contributed by atoms with van der Waals surface area (Å²) in [6.07, 6.45) is 7.61. The molecule has 0 aliphatic carbocycles. The monoisotopic (exact) mass is 577 g/mol. The van der Waals surface area contributed by atoms with E-state index in [1.807, 2.05) is 6.07 Å². The smallest absolute Gasteiger partial charge is 0.250 e. The predicted molar refractivity (Wildman–Crippen MR) is 151 cm³/mol. The molecule has 2 atom stereocenters. The number of nitriles is 1. The van der Waals surface area contributed by atoms with E-state index in [0.29, 0.717) is 51.6 Å². The van der Waals surface area contributed by atoms with E-state index in [1.54, 1.807) is 43.0 Å². The maximum Gasteiger partial charge on any atom is 0.250 e. The summed E-state index contributed by atoms with van der Waals surface area (Å²) in [6.45, 7) is 5.57. The number of anilines is 1. The molecule has 0 radical (unpaired) electrons. The van der Waals surface area contributed by atoms with Gasteiger partial charge in [0, 0.05) is 55.2 Å². The summed E-state index contributed by atoms with van der Waals surface area (Å²) in [5.41, 5.74) is 2.09. The minimum atomic E-state index is -1.02. The Labute approximate surface area is 241 Å². The van der Waals surface area contributed by atoms with Gasteiger partial charge in [0.25, 0.3) is 0 Å². The standard InChI is InChI=1S/C29H29ClFN7O3/c1-29(2,39)16-41-21-6-22(27-18(8-32)10-35-38(27)15-21)23-11-33-26(7-24(23)30)36-13-19-5-20(14-36)37(19)12-17-4-25(31)28(40-3)34-9-17/h4,6-7,9-11,15,19-20,39H,5,12-14,16H2,1-3H3. The molecule has 0 saturated carbocycles. The number of piperidine rings is 1. The van der Waals surface area contributed by atoms with E-state index in [-0.39, 0.29) is 12.5 Å². The Kier molecular flexibility index (Phi) is 6.93. The molecular formula is C29H29ClFN7O3. The van der Waals surface area contributed by atoms with Gasteiger partial charge in [-0.1, -0.05) is 11.6 Å². The topological polar surface area (TPSA) is 112 Å². The van der Waals surface area contributed by atoms with E-state index in [9.17, 15) is 14.8 Å². The number of halogens is 2. The number of aromatic nitrogens is 4. The van der Waals surface area contributed by atoms with Crippen LogP contribution in [0.3, 0.4) is 0 Å². The van der Waals surface area contributed by atoms with Gasteiger partial charge in [0.15, 0.2) is 5.82 Å². The van der Waals surface area contributed by atoms with Gasteiger partial charge in [0.1, 0.15) is 24.2 Å². The number of nitrogens with zero attached hydrogens (tertiary/aromatic N) is 7. The van der Waals surface area contributed by atoms with Crippen molar-refractivity contribution in [1.82, 2.24) is 24.5 Å². The van der Waals surface area contributed by atoms with Gasteiger partial charge in [-0.25, -0.2) is 18.9 Å². The maximum atomic E-state index is 14.1. The summed E-state index contributed by atoms with van der Waals surface area (Å²) < 4.78 is 26.5. The van der Waals surface area contributed by atoms with Gasteiger partial charge in [0.05, 0.1) is 41.2 Å². The van der Waals surface area contributed by atoms with Gasteiger partial charge >= 0.3 is 0 Å². The van der Waals surface area contributed by atoms with Crippen molar-refractivity contribution < 1.29 is 19.0 Å². The SMILES string of the molecule is COc1ncc(CN2C3CC2CN(c2cc(Cl)c(-c4cc(OCC(C)(C)O)cn5ncc(C#N)c45)cn2)C3)cc1F. The zero-order valence-electron chi connectivity index (χ0n) is 22.9. The summed E-state index contributed by atoms with van der Waals surface area (Å²) in [7, 11) is 1.40. The molecule has 12 heteroatoms. The van der Waals surface area contributed by atoms with Crippen molar-refractivity contribution in [3.8, 4) is 28.8 Å². The Morgan fingerprint density at radius 1 is 1.15 bits per heavy atom. The Morgan fingerprint density at radius 3 is 2.59 bits per heavy atom. The van der Waals surface area contributed by atoms with Crippen LogP contribution in [0, 0.1) is 17.1 Å². The third-order valence-electron chi connectivity index (χ3n) is 7.52. The second-order valence-corrected chi connectivity index (χ2v) is 11.5. The lowest BCUT2D eigenvalue weighted by Gasteiger charge is -2.56. The van der Waals surface area contributed by atoms with Crippen LogP contribution in [0.4, 0.5) is 10.2 Å². The molecule has 3 saturated heterocycles. The second kappa shape index (κ2) is 10.4. The van der Waals surface area contributed by atoms with Crippen LogP contribution in [0.25, 0.3) is 16.6 Å². The molecular weight excluding hydrogens is 549 g/mol. The van der Waals surface area contributed by atoms with Crippen LogP contribution < -0.4 is 14.4 Å². The minimum Gasteiger partial charge on any atom is -0.489 e. The van der Waals surface area contributed by atoms with E-state index in [1.165, 1.54) is 19.4 Å². The van der Waals surface area contributed by atoms with Crippen LogP contribution in [0.1, 0.15) is 31.4 Å². The van der Waals surface area contributed by atoms with Crippen molar-refractivity contribution in [2.45, 2.75) is 44.5 Å². The van der Waals surface area contributed by atoms with Crippen LogP contribution in [-0.4, -0.2) is 74.1 Å². The summed E-state index contributed by atoms with van der Waals surface area (Å²) in [5.74, 6) is 0.789. The Balaban J connectivity index is 1.22. The average Bonchev–Trinajstić information content (AvgIpc) is 3.37. The summed E-state index contributed by atoms with van der Waals surface area (Å²) in [5, 5.41) is 24.6. The molecule has 4 aromatic rings. The molecule has 2 unspecified atom stereocenters. The fourth-order valence-corrected chi connectivity index (χ4v) is 5.81. The first-order valence-corrected chi connectivity index (χ1v) is 13.6. The lowest BCUT2D eigenvalue weighted by Crippen LogP contribution is -2.68. The van der Waals surface area contributed by atoms with Gasteiger partial charge in [0.2, 0.25) is 5.88 Å². The molecule has 0 amide bonds. The van der Waals surface area contributed by atoms with Crippen LogP contribution in [0.2, 0.25) is 5.02 Å². The zero-order chi connectivity index (χ0) is 28.9. The van der Waals surface area contributed by atoms with E-state index < -0.39 is 11.4 Å². The van der Waals surface area contributed by atoms with Crippen LogP contribution in [0.5, 0.6) is 11.6 Å². The highest BCUT2D eigenvalue weighted by molar-refractivity contribution is 6.33. The van der Waals surface area contributed by atoms with Crippen LogP contribution in [-0.2, 0) is 6.54 Å². The molecule has 2 bridgehead atoms. The van der Waals surface area contributed by atoms with Crippen molar-refractivity contribution in [3.05, 3.63) is 65.0 Å². The Hall–Kier alpha value is -3.98. The number of piperazine rings is 1. The lowest BCUT2D eigenvalue weighted by atomic mass is 9.87. The Bertz CT molecular complexity index is 1650. The third-order valence-corrected chi connectivity index (χ3v) is 7.83. The van der Waals surface area contributed by atoms with Crippen molar-refractivity contribution in [3.63, 3.8) is 0 Å². The molecule has 1 N–H and O–H groups in total. The zero-order valence-corrected chi connectivity index (χ0v) is 23.6. The third kappa shape index (κ3) is 5.26. The predicted octanol–water partition coefficient (Wildman–Crippen LogP) is 4.08. The molecule has 7 heterocycles. The molecule has 3 aliphatic rings. The largest absolute Gasteiger partial charge is 0.489 e. The van der Waals surface area contributed by atoms with Gasteiger partial charge in [-0.05, 0) is 44.0 Å². The highest BCUT2D eigenvalue weighted by Gasteiger charge is 2.44. The number of fused-ring (bicyclic) bond motifs is 3. The highest BCUT2D eigenvalue weighted by atomic mass is 35.5. The van der Waals surface area contributed by atoms with Crippen molar-refractivity contribution in [2.24, 2.45) is 0 Å². The van der Waals surface area contributed by atoms with E-state index in [2.05, 4.69) is 26.0 Å². The first-order valence-electron chi connectivity index (χ1n) is 13.2. The molecule has 0 aromatic carbocycles. The molecule has 0 spiro atoms. The number of pyridine rings is 3. The fraction of sp³-hybridized carbons (Fsp3) is 0.379. The van der Waals surface area contributed by atoms with Gasteiger partial charge in [-0.15, -0.1) is 0 Å². The van der Waals surface area contributed by atoms with Gasteiger partial charge in [-0.3, -0.25) is 4.90 Å². The second-order valence-electron chi connectivity index (χ2n) is 11.1. The Morgan fingerprint density at radius 2 is 1.93 bits per heavy atom. The first kappa shape index (κ1) is 27.2. The lowest BCUT2D eigenvalue weighted by molar-refractivity contribution is -0.00884. The van der Waals surface area contributed by atoms with Crippen molar-refractivity contribution in [1.29, 1.82) is 5.26 Å². The van der Waals surface area contributed by atoms with E-state index in [0.717, 1.165) is 30.9 Å². The average molecular weight is 578 g/mol. The number of rotatable bonds is 8. The first-order chi connectivity index (χ1) is 19.6. The molecule has 3 aliphatic heterocycles. The number of methoxy groups -OCH3 is 1. The van der Waals surface area contributed by atoms with Crippen LogP contribution in [0.15, 0.2) is 43.0 Å². The molecule has 212 valence electrons. The van der Waals surface area contributed by atoms with Crippen molar-refractivity contribution >= 4 is 22.9 Å². The van der Waals surface area contributed by atoms with Crippen LogP contribution >= 0.6 is 11.6 Å².